The predicted octanol–water partition coefficient (Wildman–Crippen LogP) is 4.54. The maximum absolute atomic E-state index is 9.44. The molecule has 28 heavy (non-hydrogen) atoms. The molecule has 0 saturated carbocycles. The predicted molar refractivity (Wildman–Crippen MR) is 116 cm³/mol. The van der Waals surface area contributed by atoms with Gasteiger partial charge in [0, 0.05) is 21.2 Å². The van der Waals surface area contributed by atoms with Gasteiger partial charge in [0.1, 0.15) is 0 Å². The number of aromatic nitrogens is 1. The molecule has 3 rings (SSSR count). The molecule has 148 valence electrons. The number of aliphatic hydroxyl groups is 2. The minimum Gasteiger partial charge on any atom is -0.394 e. The van der Waals surface area contributed by atoms with Crippen LogP contribution in [0.15, 0.2) is 70.5 Å². The average molecular weight is 417 g/mol. The van der Waals surface area contributed by atoms with Gasteiger partial charge in [-0.05, 0) is 79.1 Å². The molecular weight excluding hydrogens is 392 g/mol. The zero-order chi connectivity index (χ0) is 20.0. The van der Waals surface area contributed by atoms with Crippen molar-refractivity contribution in [1.29, 1.82) is 0 Å². The molecule has 0 radical (unpaired) electrons. The number of rotatable bonds is 9. The smallest absolute Gasteiger partial charge is 0.0795 e. The Bertz CT molecular complexity index is 866. The Labute approximate surface area is 175 Å². The quantitative estimate of drug-likeness (QED) is 0.386. The summed E-state index contributed by atoms with van der Waals surface area (Å²) in [6.07, 6.45) is 1.27. The Morgan fingerprint density at radius 1 is 0.929 bits per heavy atom. The first-order valence-corrected chi connectivity index (χ1v) is 10.4. The second kappa shape index (κ2) is 9.63. The molecule has 0 amide bonds. The van der Waals surface area contributed by atoms with Gasteiger partial charge in [-0.1, -0.05) is 36.0 Å². The average Bonchev–Trinajstić information content (AvgIpc) is 3.17. The van der Waals surface area contributed by atoms with Crippen molar-refractivity contribution in [2.24, 2.45) is 0 Å². The lowest BCUT2D eigenvalue weighted by molar-refractivity contribution is 0.103. The van der Waals surface area contributed by atoms with Crippen LogP contribution in [0.25, 0.3) is 11.3 Å². The fraction of sp³-hybridized carbons (Fsp3) is 0.273. The Morgan fingerprint density at radius 3 is 2.04 bits per heavy atom. The molecule has 0 saturated heterocycles. The van der Waals surface area contributed by atoms with E-state index in [-0.39, 0.29) is 13.2 Å². The van der Waals surface area contributed by atoms with E-state index in [4.69, 9.17) is 11.8 Å². The summed E-state index contributed by atoms with van der Waals surface area (Å²) in [6.45, 7) is 1.63. The van der Waals surface area contributed by atoms with Crippen LogP contribution in [-0.4, -0.2) is 33.9 Å². The normalized spacial score (nSPS) is 11.7. The SMILES string of the molecule is Cc1ccc(-c2ccc(Sc3ccc(CCC(CO)(CO)NCl)cc3)cc2)[nH]1. The van der Waals surface area contributed by atoms with Gasteiger partial charge in [-0.25, -0.2) is 4.84 Å². The molecule has 4 nitrogen and oxygen atoms in total. The monoisotopic (exact) mass is 416 g/mol. The van der Waals surface area contributed by atoms with Gasteiger partial charge in [0.25, 0.3) is 0 Å². The minimum absolute atomic E-state index is 0.209. The molecule has 3 aromatic rings. The first-order chi connectivity index (χ1) is 13.6. The van der Waals surface area contributed by atoms with Gasteiger partial charge < -0.3 is 15.2 Å². The van der Waals surface area contributed by atoms with E-state index >= 15 is 0 Å². The lowest BCUT2D eigenvalue weighted by Gasteiger charge is -2.27. The zero-order valence-electron chi connectivity index (χ0n) is 15.8. The standard InChI is InChI=1S/C22H25ClN2O2S/c1-16-2-11-21(24-16)18-5-9-20(10-6-18)28-19-7-3-17(4-8-19)12-13-22(14-26,15-27)25-23/h2-11,24-27H,12-15H2,1H3. The lowest BCUT2D eigenvalue weighted by Crippen LogP contribution is -2.47. The Hall–Kier alpha value is -1.76. The first kappa shape index (κ1) is 21.0. The number of halogens is 1. The van der Waals surface area contributed by atoms with E-state index in [0.29, 0.717) is 6.42 Å². The summed E-state index contributed by atoms with van der Waals surface area (Å²) in [7, 11) is 0. The van der Waals surface area contributed by atoms with E-state index < -0.39 is 5.54 Å². The lowest BCUT2D eigenvalue weighted by atomic mass is 9.94. The Morgan fingerprint density at radius 2 is 1.54 bits per heavy atom. The van der Waals surface area contributed by atoms with Crippen LogP contribution in [0.1, 0.15) is 17.7 Å². The van der Waals surface area contributed by atoms with Gasteiger partial charge >= 0.3 is 0 Å². The highest BCUT2D eigenvalue weighted by atomic mass is 35.5. The zero-order valence-corrected chi connectivity index (χ0v) is 17.4. The van der Waals surface area contributed by atoms with Crippen molar-refractivity contribution in [2.45, 2.75) is 35.1 Å². The molecule has 1 aromatic heterocycles. The molecule has 0 aliphatic carbocycles. The molecule has 0 aliphatic heterocycles. The van der Waals surface area contributed by atoms with E-state index in [1.165, 1.54) is 15.4 Å². The van der Waals surface area contributed by atoms with Crippen LogP contribution in [0.4, 0.5) is 0 Å². The molecule has 0 unspecified atom stereocenters. The third kappa shape index (κ3) is 5.19. The van der Waals surface area contributed by atoms with Crippen molar-refractivity contribution in [3.05, 3.63) is 71.9 Å². The van der Waals surface area contributed by atoms with Gasteiger partial charge in [-0.3, -0.25) is 0 Å². The van der Waals surface area contributed by atoms with Gasteiger partial charge in [0.2, 0.25) is 0 Å². The highest BCUT2D eigenvalue weighted by Crippen LogP contribution is 2.30. The Balaban J connectivity index is 1.59. The summed E-state index contributed by atoms with van der Waals surface area (Å²) in [6, 6.07) is 21.0. The third-order valence-corrected chi connectivity index (χ3v) is 6.27. The number of benzene rings is 2. The molecule has 0 aliphatic rings. The van der Waals surface area contributed by atoms with Crippen LogP contribution >= 0.6 is 23.5 Å². The largest absolute Gasteiger partial charge is 0.394 e. The Kier molecular flexibility index (Phi) is 7.21. The maximum atomic E-state index is 9.44. The third-order valence-electron chi connectivity index (χ3n) is 4.85. The topological polar surface area (TPSA) is 68.3 Å². The van der Waals surface area contributed by atoms with Crippen LogP contribution < -0.4 is 4.84 Å². The minimum atomic E-state index is -0.853. The summed E-state index contributed by atoms with van der Waals surface area (Å²) in [5.41, 5.74) is 3.75. The van der Waals surface area contributed by atoms with Crippen molar-refractivity contribution in [3.63, 3.8) is 0 Å². The number of hydrogen-bond acceptors (Lipinski definition) is 4. The van der Waals surface area contributed by atoms with Crippen LogP contribution in [0.5, 0.6) is 0 Å². The summed E-state index contributed by atoms with van der Waals surface area (Å²) < 4.78 is 0. The number of aryl methyl sites for hydroxylation is 2. The van der Waals surface area contributed by atoms with Crippen LogP contribution in [0.2, 0.25) is 0 Å². The van der Waals surface area contributed by atoms with Gasteiger partial charge in [-0.2, -0.15) is 0 Å². The van der Waals surface area contributed by atoms with Crippen molar-refractivity contribution in [2.75, 3.05) is 13.2 Å². The molecule has 2 aromatic carbocycles. The number of nitrogens with one attached hydrogen (secondary N) is 2. The molecular formula is C22H25ClN2O2S. The van der Waals surface area contributed by atoms with Gasteiger partial charge in [-0.15, -0.1) is 0 Å². The van der Waals surface area contributed by atoms with Crippen molar-refractivity contribution in [1.82, 2.24) is 9.82 Å². The highest BCUT2D eigenvalue weighted by molar-refractivity contribution is 7.99. The van der Waals surface area contributed by atoms with Crippen LogP contribution in [0, 0.1) is 6.92 Å². The highest BCUT2D eigenvalue weighted by Gasteiger charge is 2.27. The number of aromatic amines is 1. The van der Waals surface area contributed by atoms with Crippen LogP contribution in [-0.2, 0) is 6.42 Å². The fourth-order valence-corrected chi connectivity index (χ4v) is 3.96. The maximum Gasteiger partial charge on any atom is 0.0795 e. The molecule has 4 N–H and O–H groups in total. The molecule has 0 fully saturated rings. The summed E-state index contributed by atoms with van der Waals surface area (Å²) in [5, 5.41) is 18.9. The fourth-order valence-electron chi connectivity index (χ4n) is 2.93. The van der Waals surface area contributed by atoms with E-state index in [9.17, 15) is 10.2 Å². The first-order valence-electron chi connectivity index (χ1n) is 9.20. The number of aliphatic hydroxyl groups excluding tert-OH is 2. The van der Waals surface area contributed by atoms with Gasteiger partial charge in [0.05, 0.1) is 18.8 Å². The molecule has 1 heterocycles. The molecule has 0 atom stereocenters. The number of H-pyrrole nitrogens is 1. The van der Waals surface area contributed by atoms with Crippen molar-refractivity contribution >= 4 is 23.5 Å². The van der Waals surface area contributed by atoms with Crippen LogP contribution in [0.3, 0.4) is 0 Å². The summed E-state index contributed by atoms with van der Waals surface area (Å²) in [5.74, 6) is 0. The summed E-state index contributed by atoms with van der Waals surface area (Å²) in [4.78, 5) is 8.22. The number of hydrogen-bond donors (Lipinski definition) is 4. The van der Waals surface area contributed by atoms with E-state index in [0.717, 1.165) is 23.4 Å². The molecule has 6 heteroatoms. The van der Waals surface area contributed by atoms with Gasteiger partial charge in [0.15, 0.2) is 0 Å². The summed E-state index contributed by atoms with van der Waals surface area (Å²) >= 11 is 7.40. The second-order valence-corrected chi connectivity index (χ2v) is 8.35. The second-order valence-electron chi connectivity index (χ2n) is 7.02. The van der Waals surface area contributed by atoms with Crippen molar-refractivity contribution in [3.8, 4) is 11.3 Å². The van der Waals surface area contributed by atoms with Crippen molar-refractivity contribution < 1.29 is 10.2 Å². The van der Waals surface area contributed by atoms with E-state index in [1.54, 1.807) is 11.8 Å². The van der Waals surface area contributed by atoms with E-state index in [1.807, 2.05) is 0 Å². The molecule has 0 spiro atoms. The van der Waals surface area contributed by atoms with E-state index in [2.05, 4.69) is 77.4 Å². The molecule has 0 bridgehead atoms.